The Bertz CT molecular complexity index is 243. The van der Waals surface area contributed by atoms with Crippen LogP contribution in [0, 0.1) is 11.8 Å². The van der Waals surface area contributed by atoms with Crippen molar-refractivity contribution >= 4 is 5.91 Å². The largest absolute Gasteiger partial charge is 0.396 e. The quantitative estimate of drug-likeness (QED) is 0.598. The number of rotatable bonds is 10. The van der Waals surface area contributed by atoms with Crippen LogP contribution in [0.15, 0.2) is 0 Å². The van der Waals surface area contributed by atoms with Gasteiger partial charge in [0.2, 0.25) is 5.91 Å². The van der Waals surface area contributed by atoms with Gasteiger partial charge >= 0.3 is 0 Å². The first-order valence-corrected chi connectivity index (χ1v) is 8.15. The molecule has 0 heterocycles. The van der Waals surface area contributed by atoms with Gasteiger partial charge in [-0.15, -0.1) is 0 Å². The summed E-state index contributed by atoms with van der Waals surface area (Å²) in [7, 11) is 0. The molecule has 19 heavy (non-hydrogen) atoms. The molecule has 0 aromatic heterocycles. The lowest BCUT2D eigenvalue weighted by atomic mass is 9.97. The molecule has 1 aliphatic carbocycles. The Morgan fingerprint density at radius 1 is 1.11 bits per heavy atom. The van der Waals surface area contributed by atoms with E-state index in [0.29, 0.717) is 18.3 Å². The molecule has 2 atom stereocenters. The summed E-state index contributed by atoms with van der Waals surface area (Å²) in [5.74, 6) is 1.10. The third kappa shape index (κ3) is 6.95. The van der Waals surface area contributed by atoms with Crippen LogP contribution in [0.25, 0.3) is 0 Å². The number of aliphatic hydroxyl groups is 1. The van der Waals surface area contributed by atoms with Gasteiger partial charge in [-0.25, -0.2) is 0 Å². The minimum atomic E-state index is 0.194. The first kappa shape index (κ1) is 16.5. The summed E-state index contributed by atoms with van der Waals surface area (Å²) in [6, 6.07) is 0. The smallest absolute Gasteiger partial charge is 0.220 e. The van der Waals surface area contributed by atoms with Gasteiger partial charge in [0.15, 0.2) is 0 Å². The molecular weight excluding hydrogens is 238 g/mol. The van der Waals surface area contributed by atoms with Gasteiger partial charge in [0.1, 0.15) is 0 Å². The van der Waals surface area contributed by atoms with Crippen molar-refractivity contribution in [2.24, 2.45) is 11.8 Å². The van der Waals surface area contributed by atoms with Crippen LogP contribution in [0.1, 0.15) is 71.1 Å². The van der Waals surface area contributed by atoms with Gasteiger partial charge in [0.05, 0.1) is 0 Å². The molecule has 1 rings (SSSR count). The van der Waals surface area contributed by atoms with Crippen molar-refractivity contribution < 1.29 is 9.90 Å². The third-order valence-electron chi connectivity index (χ3n) is 4.37. The van der Waals surface area contributed by atoms with Gasteiger partial charge in [-0.1, -0.05) is 45.4 Å². The molecule has 0 radical (unpaired) electrons. The number of aliphatic hydroxyl groups excluding tert-OH is 1. The van der Waals surface area contributed by atoms with Gasteiger partial charge in [-0.2, -0.15) is 0 Å². The Hall–Kier alpha value is -0.570. The standard InChI is InChI=1S/C16H31NO2/c1-2-3-4-5-6-7-11-16(19)17-12-14-9-8-10-15(14)13-18/h14-15,18H,2-13H2,1H3,(H,17,19). The number of unbranched alkanes of at least 4 members (excludes halogenated alkanes) is 5. The maximum Gasteiger partial charge on any atom is 0.220 e. The highest BCUT2D eigenvalue weighted by atomic mass is 16.3. The zero-order valence-electron chi connectivity index (χ0n) is 12.5. The molecular formula is C16H31NO2. The SMILES string of the molecule is CCCCCCCCC(=O)NCC1CCCC1CO. The number of nitrogens with one attached hydrogen (secondary N) is 1. The first-order valence-electron chi connectivity index (χ1n) is 8.15. The van der Waals surface area contributed by atoms with E-state index in [1.165, 1.54) is 38.5 Å². The summed E-state index contributed by atoms with van der Waals surface area (Å²) in [5.41, 5.74) is 0. The Morgan fingerprint density at radius 2 is 1.79 bits per heavy atom. The van der Waals surface area contributed by atoms with Crippen LogP contribution in [0.2, 0.25) is 0 Å². The van der Waals surface area contributed by atoms with Crippen molar-refractivity contribution in [1.29, 1.82) is 0 Å². The lowest BCUT2D eigenvalue weighted by Gasteiger charge is -2.17. The zero-order valence-corrected chi connectivity index (χ0v) is 12.5. The summed E-state index contributed by atoms with van der Waals surface area (Å²) in [4.78, 5) is 11.7. The molecule has 0 aliphatic heterocycles. The normalized spacial score (nSPS) is 22.6. The molecule has 0 bridgehead atoms. The van der Waals surface area contributed by atoms with Gasteiger partial charge in [-0.05, 0) is 31.1 Å². The summed E-state index contributed by atoms with van der Waals surface area (Å²) >= 11 is 0. The molecule has 0 spiro atoms. The van der Waals surface area contributed by atoms with Crippen LogP contribution in [-0.4, -0.2) is 24.2 Å². The van der Waals surface area contributed by atoms with Crippen molar-refractivity contribution in [2.75, 3.05) is 13.2 Å². The monoisotopic (exact) mass is 269 g/mol. The number of hydrogen-bond donors (Lipinski definition) is 2. The molecule has 3 heteroatoms. The Morgan fingerprint density at radius 3 is 2.53 bits per heavy atom. The summed E-state index contributed by atoms with van der Waals surface area (Å²) in [5, 5.41) is 12.3. The van der Waals surface area contributed by atoms with Crippen LogP contribution in [0.3, 0.4) is 0 Å². The molecule has 0 aromatic carbocycles. The fraction of sp³-hybridized carbons (Fsp3) is 0.938. The lowest BCUT2D eigenvalue weighted by molar-refractivity contribution is -0.121. The van der Waals surface area contributed by atoms with Crippen molar-refractivity contribution in [2.45, 2.75) is 71.1 Å². The fourth-order valence-corrected chi connectivity index (χ4v) is 3.02. The molecule has 2 N–H and O–H groups in total. The predicted octanol–water partition coefficient (Wildman–Crippen LogP) is 3.26. The van der Waals surface area contributed by atoms with E-state index in [0.717, 1.165) is 25.8 Å². The van der Waals surface area contributed by atoms with Crippen LogP contribution in [0.5, 0.6) is 0 Å². The van der Waals surface area contributed by atoms with Crippen molar-refractivity contribution in [3.63, 3.8) is 0 Å². The number of hydrogen-bond acceptors (Lipinski definition) is 2. The molecule has 2 unspecified atom stereocenters. The minimum Gasteiger partial charge on any atom is -0.396 e. The summed E-state index contributed by atoms with van der Waals surface area (Å²) < 4.78 is 0. The third-order valence-corrected chi connectivity index (χ3v) is 4.37. The predicted molar refractivity (Wildman–Crippen MR) is 78.9 cm³/mol. The van der Waals surface area contributed by atoms with E-state index in [2.05, 4.69) is 12.2 Å². The summed E-state index contributed by atoms with van der Waals surface area (Å²) in [6.07, 6.45) is 11.5. The van der Waals surface area contributed by atoms with Crippen molar-refractivity contribution in [3.05, 3.63) is 0 Å². The van der Waals surface area contributed by atoms with Crippen molar-refractivity contribution in [3.8, 4) is 0 Å². The second-order valence-corrected chi connectivity index (χ2v) is 5.96. The second-order valence-electron chi connectivity index (χ2n) is 5.96. The minimum absolute atomic E-state index is 0.194. The molecule has 1 amide bonds. The van der Waals surface area contributed by atoms with E-state index < -0.39 is 0 Å². The highest BCUT2D eigenvalue weighted by Gasteiger charge is 2.26. The van der Waals surface area contributed by atoms with Gasteiger partial charge in [-0.3, -0.25) is 4.79 Å². The highest BCUT2D eigenvalue weighted by molar-refractivity contribution is 5.75. The van der Waals surface area contributed by atoms with E-state index >= 15 is 0 Å². The van der Waals surface area contributed by atoms with E-state index in [1.807, 2.05) is 0 Å². The Labute approximate surface area is 118 Å². The molecule has 1 saturated carbocycles. The van der Waals surface area contributed by atoms with Crippen LogP contribution < -0.4 is 5.32 Å². The topological polar surface area (TPSA) is 49.3 Å². The first-order chi connectivity index (χ1) is 9.27. The van der Waals surface area contributed by atoms with Crippen LogP contribution in [0.4, 0.5) is 0 Å². The maximum absolute atomic E-state index is 11.7. The highest BCUT2D eigenvalue weighted by Crippen LogP contribution is 2.30. The second kappa shape index (κ2) is 10.2. The van der Waals surface area contributed by atoms with Crippen molar-refractivity contribution in [1.82, 2.24) is 5.32 Å². The maximum atomic E-state index is 11.7. The molecule has 3 nitrogen and oxygen atoms in total. The van der Waals surface area contributed by atoms with E-state index in [4.69, 9.17) is 0 Å². The molecule has 1 aliphatic rings. The van der Waals surface area contributed by atoms with Gasteiger partial charge in [0.25, 0.3) is 0 Å². The van der Waals surface area contributed by atoms with E-state index in [-0.39, 0.29) is 12.5 Å². The number of carbonyl (C=O) groups is 1. The Kier molecular flexibility index (Phi) is 8.89. The van der Waals surface area contributed by atoms with Crippen LogP contribution >= 0.6 is 0 Å². The van der Waals surface area contributed by atoms with Gasteiger partial charge < -0.3 is 10.4 Å². The number of amides is 1. The van der Waals surface area contributed by atoms with E-state index in [1.54, 1.807) is 0 Å². The average Bonchev–Trinajstić information content (AvgIpc) is 2.88. The fourth-order valence-electron chi connectivity index (χ4n) is 3.02. The zero-order chi connectivity index (χ0) is 13.9. The van der Waals surface area contributed by atoms with Crippen LogP contribution in [-0.2, 0) is 4.79 Å². The summed E-state index contributed by atoms with van der Waals surface area (Å²) in [6.45, 7) is 3.26. The van der Waals surface area contributed by atoms with Gasteiger partial charge in [0, 0.05) is 19.6 Å². The molecule has 0 saturated heterocycles. The molecule has 1 fully saturated rings. The average molecular weight is 269 g/mol. The molecule has 112 valence electrons. The van der Waals surface area contributed by atoms with E-state index in [9.17, 15) is 9.90 Å². The lowest BCUT2D eigenvalue weighted by Crippen LogP contribution is -2.31. The Balaban J connectivity index is 1.98. The molecule has 0 aromatic rings. The number of carbonyl (C=O) groups excluding carboxylic acids is 1.